The van der Waals surface area contributed by atoms with E-state index in [1.54, 1.807) is 12.4 Å². The van der Waals surface area contributed by atoms with Gasteiger partial charge in [-0.05, 0) is 45.6 Å². The van der Waals surface area contributed by atoms with Crippen LogP contribution in [0.2, 0.25) is 0 Å². The summed E-state index contributed by atoms with van der Waals surface area (Å²) in [6.07, 6.45) is 6.02. The molecule has 1 aliphatic carbocycles. The molecular weight excluding hydrogens is 242 g/mol. The molecule has 0 unspecified atom stereocenters. The highest BCUT2D eigenvalue weighted by molar-refractivity contribution is 5.68. The van der Waals surface area contributed by atoms with Crippen molar-refractivity contribution in [1.82, 2.24) is 15.3 Å². The van der Waals surface area contributed by atoms with Crippen LogP contribution < -0.4 is 5.32 Å². The van der Waals surface area contributed by atoms with Crippen molar-refractivity contribution in [3.8, 4) is 0 Å². The predicted molar refractivity (Wildman–Crippen MR) is 71.6 cm³/mol. The summed E-state index contributed by atoms with van der Waals surface area (Å²) in [4.78, 5) is 20.0. The van der Waals surface area contributed by atoms with Crippen molar-refractivity contribution < 1.29 is 9.53 Å². The molecule has 1 aromatic rings. The molecule has 0 spiro atoms. The van der Waals surface area contributed by atoms with E-state index in [4.69, 9.17) is 4.74 Å². The van der Waals surface area contributed by atoms with Gasteiger partial charge in [0.25, 0.3) is 0 Å². The maximum atomic E-state index is 11.6. The standard InChI is InChI=1S/C14H21N3O2/c1-14(2,3)19-13(18)17-11-7-10(8-11)9-12-15-5-4-6-16-12/h4-6,10-11H,7-9H2,1-3H3,(H,17,18). The molecule has 1 heterocycles. The zero-order chi connectivity index (χ0) is 13.9. The Labute approximate surface area is 113 Å². The zero-order valence-electron chi connectivity index (χ0n) is 11.7. The third kappa shape index (κ3) is 4.50. The van der Waals surface area contributed by atoms with Crippen LogP contribution in [0, 0.1) is 5.92 Å². The average molecular weight is 263 g/mol. The van der Waals surface area contributed by atoms with Crippen molar-refractivity contribution in [1.29, 1.82) is 0 Å². The Morgan fingerprint density at radius 2 is 2.00 bits per heavy atom. The van der Waals surface area contributed by atoms with Crippen LogP contribution in [0.3, 0.4) is 0 Å². The second-order valence-electron chi connectivity index (χ2n) is 6.05. The summed E-state index contributed by atoms with van der Waals surface area (Å²) in [6.45, 7) is 5.59. The SMILES string of the molecule is CC(C)(C)OC(=O)NC1CC(Cc2ncccn2)C1. The summed E-state index contributed by atoms with van der Waals surface area (Å²) in [5.41, 5.74) is -0.439. The molecule has 0 aromatic carbocycles. The van der Waals surface area contributed by atoms with Gasteiger partial charge in [-0.15, -0.1) is 0 Å². The minimum Gasteiger partial charge on any atom is -0.444 e. The Bertz CT molecular complexity index is 422. The van der Waals surface area contributed by atoms with Crippen molar-refractivity contribution in [3.63, 3.8) is 0 Å². The van der Waals surface area contributed by atoms with Crippen molar-refractivity contribution in [2.75, 3.05) is 0 Å². The summed E-state index contributed by atoms with van der Waals surface area (Å²) < 4.78 is 5.22. The van der Waals surface area contributed by atoms with E-state index in [-0.39, 0.29) is 12.1 Å². The van der Waals surface area contributed by atoms with Gasteiger partial charge in [0.15, 0.2) is 0 Å². The number of aromatic nitrogens is 2. The van der Waals surface area contributed by atoms with Gasteiger partial charge in [0.1, 0.15) is 11.4 Å². The lowest BCUT2D eigenvalue weighted by Gasteiger charge is -2.35. The molecule has 0 radical (unpaired) electrons. The summed E-state index contributed by atoms with van der Waals surface area (Å²) in [7, 11) is 0. The number of hydrogen-bond donors (Lipinski definition) is 1. The van der Waals surface area contributed by atoms with Crippen LogP contribution in [-0.2, 0) is 11.2 Å². The van der Waals surface area contributed by atoms with Gasteiger partial charge in [-0.2, -0.15) is 0 Å². The number of carbonyl (C=O) groups excluding carboxylic acids is 1. The van der Waals surface area contributed by atoms with Crippen LogP contribution in [0.5, 0.6) is 0 Å². The molecule has 5 nitrogen and oxygen atoms in total. The molecule has 1 fully saturated rings. The van der Waals surface area contributed by atoms with E-state index < -0.39 is 5.60 Å². The molecule has 19 heavy (non-hydrogen) atoms. The zero-order valence-corrected chi connectivity index (χ0v) is 11.7. The first-order chi connectivity index (χ1) is 8.92. The van der Waals surface area contributed by atoms with Crippen molar-refractivity contribution in [2.45, 2.75) is 51.7 Å². The molecule has 5 heteroatoms. The molecular formula is C14H21N3O2. The number of hydrogen-bond acceptors (Lipinski definition) is 4. The predicted octanol–water partition coefficient (Wildman–Crippen LogP) is 2.32. The normalized spacial score (nSPS) is 22.5. The lowest BCUT2D eigenvalue weighted by Crippen LogP contribution is -2.46. The third-order valence-electron chi connectivity index (χ3n) is 3.05. The Hall–Kier alpha value is -1.65. The second kappa shape index (κ2) is 5.55. The smallest absolute Gasteiger partial charge is 0.407 e. The van der Waals surface area contributed by atoms with E-state index in [0.717, 1.165) is 25.1 Å². The topological polar surface area (TPSA) is 64.1 Å². The van der Waals surface area contributed by atoms with Crippen LogP contribution in [0.1, 0.15) is 39.4 Å². The van der Waals surface area contributed by atoms with Gasteiger partial charge < -0.3 is 10.1 Å². The molecule has 1 aromatic heterocycles. The molecule has 1 saturated carbocycles. The number of nitrogens with one attached hydrogen (secondary N) is 1. The molecule has 1 N–H and O–H groups in total. The lowest BCUT2D eigenvalue weighted by atomic mass is 9.78. The van der Waals surface area contributed by atoms with Crippen LogP contribution in [0.4, 0.5) is 4.79 Å². The van der Waals surface area contributed by atoms with Gasteiger partial charge in [0, 0.05) is 24.9 Å². The summed E-state index contributed by atoms with van der Waals surface area (Å²) in [5.74, 6) is 1.44. The highest BCUT2D eigenvalue weighted by atomic mass is 16.6. The molecule has 1 amide bonds. The second-order valence-corrected chi connectivity index (χ2v) is 6.05. The van der Waals surface area contributed by atoms with Crippen LogP contribution >= 0.6 is 0 Å². The Morgan fingerprint density at radius 1 is 1.37 bits per heavy atom. The first-order valence-corrected chi connectivity index (χ1v) is 6.68. The quantitative estimate of drug-likeness (QED) is 0.909. The van der Waals surface area contributed by atoms with E-state index in [0.29, 0.717) is 5.92 Å². The van der Waals surface area contributed by atoms with Crippen LogP contribution in [-0.4, -0.2) is 27.7 Å². The highest BCUT2D eigenvalue weighted by Crippen LogP contribution is 2.29. The first-order valence-electron chi connectivity index (χ1n) is 6.68. The fraction of sp³-hybridized carbons (Fsp3) is 0.643. The average Bonchev–Trinajstić information content (AvgIpc) is 2.25. The largest absolute Gasteiger partial charge is 0.444 e. The third-order valence-corrected chi connectivity index (χ3v) is 3.05. The maximum absolute atomic E-state index is 11.6. The molecule has 1 aliphatic rings. The fourth-order valence-electron chi connectivity index (χ4n) is 2.19. The summed E-state index contributed by atoms with van der Waals surface area (Å²) >= 11 is 0. The van der Waals surface area contributed by atoms with Gasteiger partial charge in [-0.1, -0.05) is 0 Å². The summed E-state index contributed by atoms with van der Waals surface area (Å²) in [6, 6.07) is 2.04. The van der Waals surface area contributed by atoms with E-state index in [1.165, 1.54) is 0 Å². The Balaban J connectivity index is 1.68. The van der Waals surface area contributed by atoms with E-state index in [1.807, 2.05) is 26.8 Å². The van der Waals surface area contributed by atoms with E-state index in [2.05, 4.69) is 15.3 Å². The lowest BCUT2D eigenvalue weighted by molar-refractivity contribution is 0.0452. The number of rotatable bonds is 3. The fourth-order valence-corrected chi connectivity index (χ4v) is 2.19. The maximum Gasteiger partial charge on any atom is 0.407 e. The first kappa shape index (κ1) is 13.8. The van der Waals surface area contributed by atoms with Gasteiger partial charge in [-0.25, -0.2) is 14.8 Å². The van der Waals surface area contributed by atoms with Crippen LogP contribution in [0.15, 0.2) is 18.5 Å². The van der Waals surface area contributed by atoms with Crippen molar-refractivity contribution >= 4 is 6.09 Å². The van der Waals surface area contributed by atoms with E-state index >= 15 is 0 Å². The minimum absolute atomic E-state index is 0.226. The van der Waals surface area contributed by atoms with Gasteiger partial charge in [0.05, 0.1) is 0 Å². The molecule has 0 saturated heterocycles. The van der Waals surface area contributed by atoms with Gasteiger partial charge >= 0.3 is 6.09 Å². The van der Waals surface area contributed by atoms with Crippen molar-refractivity contribution in [2.24, 2.45) is 5.92 Å². The molecule has 104 valence electrons. The van der Waals surface area contributed by atoms with Crippen LogP contribution in [0.25, 0.3) is 0 Å². The number of ether oxygens (including phenoxy) is 1. The molecule has 0 atom stereocenters. The monoisotopic (exact) mass is 263 g/mol. The van der Waals surface area contributed by atoms with Gasteiger partial charge in [-0.3, -0.25) is 0 Å². The number of alkyl carbamates (subject to hydrolysis) is 1. The van der Waals surface area contributed by atoms with Gasteiger partial charge in [0.2, 0.25) is 0 Å². The summed E-state index contributed by atoms with van der Waals surface area (Å²) in [5, 5.41) is 2.89. The minimum atomic E-state index is -0.439. The number of nitrogens with zero attached hydrogens (tertiary/aromatic N) is 2. The molecule has 2 rings (SSSR count). The number of carbonyl (C=O) groups is 1. The van der Waals surface area contributed by atoms with E-state index in [9.17, 15) is 4.79 Å². The number of amides is 1. The molecule has 0 aliphatic heterocycles. The molecule has 0 bridgehead atoms. The Morgan fingerprint density at radius 3 is 2.58 bits per heavy atom. The van der Waals surface area contributed by atoms with Crippen molar-refractivity contribution in [3.05, 3.63) is 24.3 Å². The highest BCUT2D eigenvalue weighted by Gasteiger charge is 2.32. The Kier molecular flexibility index (Phi) is 4.02.